The number of nitrogens with zero attached hydrogens (tertiary/aromatic N) is 1. The summed E-state index contributed by atoms with van der Waals surface area (Å²) in [5.41, 5.74) is 2.04. The lowest BCUT2D eigenvalue weighted by Gasteiger charge is -2.10. The van der Waals surface area contributed by atoms with Crippen LogP contribution < -0.4 is 0 Å². The van der Waals surface area contributed by atoms with Crippen LogP contribution in [0.4, 0.5) is 5.69 Å². The minimum absolute atomic E-state index is 0.0831. The third-order valence-electron chi connectivity index (χ3n) is 2.75. The van der Waals surface area contributed by atoms with E-state index in [4.69, 9.17) is 0 Å². The van der Waals surface area contributed by atoms with Crippen LogP contribution in [-0.2, 0) is 6.42 Å². The molecule has 3 nitrogen and oxygen atoms in total. The SMILES string of the molecule is O=[N+]([O-])c1ccccc1CC(Br)c1ccccc1. The Hall–Kier alpha value is -1.68. The van der Waals surface area contributed by atoms with Gasteiger partial charge in [0.2, 0.25) is 0 Å². The van der Waals surface area contributed by atoms with Crippen LogP contribution in [0, 0.1) is 10.1 Å². The molecule has 0 amide bonds. The molecule has 0 saturated heterocycles. The van der Waals surface area contributed by atoms with Gasteiger partial charge in [-0.25, -0.2) is 0 Å². The van der Waals surface area contributed by atoms with Gasteiger partial charge in [-0.05, 0) is 12.0 Å². The van der Waals surface area contributed by atoms with Gasteiger partial charge in [-0.2, -0.15) is 0 Å². The molecular weight excluding hydrogens is 294 g/mol. The summed E-state index contributed by atoms with van der Waals surface area (Å²) in [5.74, 6) is 0. The van der Waals surface area contributed by atoms with Crippen LogP contribution in [0.1, 0.15) is 16.0 Å². The fraction of sp³-hybridized carbons (Fsp3) is 0.143. The number of halogens is 1. The molecule has 0 spiro atoms. The number of rotatable bonds is 4. The third-order valence-corrected chi connectivity index (χ3v) is 3.60. The smallest absolute Gasteiger partial charge is 0.258 e. The van der Waals surface area contributed by atoms with Crippen molar-refractivity contribution in [2.24, 2.45) is 0 Å². The average Bonchev–Trinajstić information content (AvgIpc) is 2.40. The Balaban J connectivity index is 2.22. The van der Waals surface area contributed by atoms with Gasteiger partial charge in [-0.1, -0.05) is 64.5 Å². The summed E-state index contributed by atoms with van der Waals surface area (Å²) in [5, 5.41) is 10.9. The van der Waals surface area contributed by atoms with E-state index in [-0.39, 0.29) is 15.4 Å². The first-order valence-corrected chi connectivity index (χ1v) is 6.51. The van der Waals surface area contributed by atoms with Crippen molar-refractivity contribution >= 4 is 21.6 Å². The molecule has 1 atom stereocenters. The van der Waals surface area contributed by atoms with E-state index >= 15 is 0 Å². The van der Waals surface area contributed by atoms with Crippen LogP contribution >= 0.6 is 15.9 Å². The second kappa shape index (κ2) is 5.78. The minimum Gasteiger partial charge on any atom is -0.258 e. The number of benzene rings is 2. The molecule has 0 aliphatic heterocycles. The van der Waals surface area contributed by atoms with E-state index in [0.717, 1.165) is 11.1 Å². The Morgan fingerprint density at radius 1 is 1.06 bits per heavy atom. The van der Waals surface area contributed by atoms with Crippen LogP contribution in [0.2, 0.25) is 0 Å². The molecule has 4 heteroatoms. The van der Waals surface area contributed by atoms with Gasteiger partial charge in [0.25, 0.3) is 5.69 Å². The topological polar surface area (TPSA) is 43.1 Å². The molecule has 0 aliphatic rings. The molecule has 0 saturated carbocycles. The van der Waals surface area contributed by atoms with E-state index < -0.39 is 0 Å². The molecule has 2 rings (SSSR count). The highest BCUT2D eigenvalue weighted by Crippen LogP contribution is 2.30. The summed E-state index contributed by atoms with van der Waals surface area (Å²) in [4.78, 5) is 10.7. The van der Waals surface area contributed by atoms with Gasteiger partial charge in [0.15, 0.2) is 0 Å². The molecule has 18 heavy (non-hydrogen) atoms. The van der Waals surface area contributed by atoms with Crippen LogP contribution in [0.3, 0.4) is 0 Å². The summed E-state index contributed by atoms with van der Waals surface area (Å²) >= 11 is 3.58. The molecule has 2 aromatic rings. The molecule has 0 heterocycles. The van der Waals surface area contributed by atoms with Crippen molar-refractivity contribution < 1.29 is 4.92 Å². The quantitative estimate of drug-likeness (QED) is 0.481. The van der Waals surface area contributed by atoms with E-state index in [0.29, 0.717) is 6.42 Å². The molecule has 0 radical (unpaired) electrons. The standard InChI is InChI=1S/C14H12BrNO2/c15-13(11-6-2-1-3-7-11)10-12-8-4-5-9-14(12)16(17)18/h1-9,13H,10H2. The summed E-state index contributed by atoms with van der Waals surface area (Å²) < 4.78 is 0. The summed E-state index contributed by atoms with van der Waals surface area (Å²) in [6, 6.07) is 16.7. The van der Waals surface area contributed by atoms with Crippen LogP contribution in [0.15, 0.2) is 54.6 Å². The van der Waals surface area contributed by atoms with Crippen LogP contribution in [0.5, 0.6) is 0 Å². The highest BCUT2D eigenvalue weighted by Gasteiger charge is 2.16. The summed E-state index contributed by atoms with van der Waals surface area (Å²) in [7, 11) is 0. The average molecular weight is 306 g/mol. The van der Waals surface area contributed by atoms with Gasteiger partial charge >= 0.3 is 0 Å². The number of nitro groups is 1. The van der Waals surface area contributed by atoms with Gasteiger partial charge in [0.1, 0.15) is 0 Å². The number of para-hydroxylation sites is 1. The van der Waals surface area contributed by atoms with Crippen molar-refractivity contribution in [3.8, 4) is 0 Å². The zero-order valence-electron chi connectivity index (χ0n) is 9.62. The maximum atomic E-state index is 10.9. The van der Waals surface area contributed by atoms with Gasteiger partial charge in [0.05, 0.1) is 4.92 Å². The lowest BCUT2D eigenvalue weighted by molar-refractivity contribution is -0.385. The Morgan fingerprint density at radius 3 is 2.33 bits per heavy atom. The molecular formula is C14H12BrNO2. The highest BCUT2D eigenvalue weighted by atomic mass is 79.9. The van der Waals surface area contributed by atoms with Crippen molar-refractivity contribution in [1.29, 1.82) is 0 Å². The summed E-state index contributed by atoms with van der Waals surface area (Å²) in [6.07, 6.45) is 0.598. The first kappa shape index (κ1) is 12.8. The van der Waals surface area contributed by atoms with E-state index in [2.05, 4.69) is 15.9 Å². The number of nitro benzene ring substituents is 1. The number of hydrogen-bond acceptors (Lipinski definition) is 2. The summed E-state index contributed by atoms with van der Waals surface area (Å²) in [6.45, 7) is 0. The predicted octanol–water partition coefficient (Wildman–Crippen LogP) is 4.27. The molecule has 0 N–H and O–H groups in total. The monoisotopic (exact) mass is 305 g/mol. The van der Waals surface area contributed by atoms with Crippen LogP contribution in [-0.4, -0.2) is 4.92 Å². The molecule has 0 aromatic heterocycles. The first-order valence-electron chi connectivity index (χ1n) is 5.60. The maximum Gasteiger partial charge on any atom is 0.272 e. The molecule has 2 aromatic carbocycles. The zero-order chi connectivity index (χ0) is 13.0. The Labute approximate surface area is 114 Å². The Bertz CT molecular complexity index is 543. The fourth-order valence-electron chi connectivity index (χ4n) is 1.83. The van der Waals surface area contributed by atoms with Crippen molar-refractivity contribution in [3.05, 3.63) is 75.8 Å². The highest BCUT2D eigenvalue weighted by molar-refractivity contribution is 9.09. The molecule has 92 valence electrons. The number of alkyl halides is 1. The van der Waals surface area contributed by atoms with Crippen molar-refractivity contribution in [3.63, 3.8) is 0 Å². The van der Waals surface area contributed by atoms with Crippen molar-refractivity contribution in [1.82, 2.24) is 0 Å². The Kier molecular flexibility index (Phi) is 4.10. The normalized spacial score (nSPS) is 12.1. The van der Waals surface area contributed by atoms with E-state index in [1.165, 1.54) is 0 Å². The molecule has 0 fully saturated rings. The first-order chi connectivity index (χ1) is 8.68. The lowest BCUT2D eigenvalue weighted by atomic mass is 10.0. The third kappa shape index (κ3) is 2.96. The second-order valence-corrected chi connectivity index (χ2v) is 5.07. The van der Waals surface area contributed by atoms with Gasteiger partial charge in [-0.15, -0.1) is 0 Å². The largest absolute Gasteiger partial charge is 0.272 e. The fourth-order valence-corrected chi connectivity index (χ4v) is 2.49. The van der Waals surface area contributed by atoms with Gasteiger partial charge in [0, 0.05) is 16.5 Å². The second-order valence-electron chi connectivity index (χ2n) is 3.97. The van der Waals surface area contributed by atoms with Crippen molar-refractivity contribution in [2.75, 3.05) is 0 Å². The van der Waals surface area contributed by atoms with Crippen molar-refractivity contribution in [2.45, 2.75) is 11.2 Å². The maximum absolute atomic E-state index is 10.9. The molecule has 0 aliphatic carbocycles. The van der Waals surface area contributed by atoms with E-state index in [9.17, 15) is 10.1 Å². The van der Waals surface area contributed by atoms with E-state index in [1.54, 1.807) is 18.2 Å². The van der Waals surface area contributed by atoms with Crippen LogP contribution in [0.25, 0.3) is 0 Å². The Morgan fingerprint density at radius 2 is 1.67 bits per heavy atom. The lowest BCUT2D eigenvalue weighted by Crippen LogP contribution is -1.99. The zero-order valence-corrected chi connectivity index (χ0v) is 11.2. The predicted molar refractivity (Wildman–Crippen MR) is 74.9 cm³/mol. The molecule has 1 unspecified atom stereocenters. The van der Waals surface area contributed by atoms with E-state index in [1.807, 2.05) is 36.4 Å². The van der Waals surface area contributed by atoms with Gasteiger partial charge in [-0.3, -0.25) is 10.1 Å². The minimum atomic E-state index is -0.333. The van der Waals surface area contributed by atoms with Gasteiger partial charge < -0.3 is 0 Å². The molecule has 0 bridgehead atoms. The number of hydrogen-bond donors (Lipinski definition) is 0.